The predicted molar refractivity (Wildman–Crippen MR) is 42.6 cm³/mol. The molecule has 1 aliphatic rings. The molecular formula is C6H9F3N2S. The van der Waals surface area contributed by atoms with Crippen LogP contribution in [0.2, 0.25) is 0 Å². The first-order valence-corrected chi connectivity index (χ1v) is 3.96. The second kappa shape index (κ2) is 3.08. The third-order valence-electron chi connectivity index (χ3n) is 1.91. The standard InChI is InChI=1S/C6H9F3N2S/c7-6(8,9)4-2-1-3-11(4)5(10)12/h4H,1-3H2,(H2,10,12). The maximum absolute atomic E-state index is 12.2. The molecule has 1 saturated heterocycles. The lowest BCUT2D eigenvalue weighted by molar-refractivity contribution is -0.166. The Kier molecular flexibility index (Phi) is 2.46. The molecule has 0 radical (unpaired) electrons. The number of halogens is 3. The van der Waals surface area contributed by atoms with E-state index >= 15 is 0 Å². The Morgan fingerprint density at radius 3 is 2.42 bits per heavy atom. The van der Waals surface area contributed by atoms with E-state index in [4.69, 9.17) is 5.73 Å². The molecule has 0 aromatic heterocycles. The molecule has 1 atom stereocenters. The first kappa shape index (κ1) is 9.57. The van der Waals surface area contributed by atoms with Crippen molar-refractivity contribution in [3.05, 3.63) is 0 Å². The average molecular weight is 198 g/mol. The summed E-state index contributed by atoms with van der Waals surface area (Å²) in [5.41, 5.74) is 5.14. The Hall–Kier alpha value is -0.520. The van der Waals surface area contributed by atoms with Gasteiger partial charge < -0.3 is 10.6 Å². The smallest absolute Gasteiger partial charge is 0.376 e. The molecular weight excluding hydrogens is 189 g/mol. The van der Waals surface area contributed by atoms with Crippen molar-refractivity contribution in [3.63, 3.8) is 0 Å². The number of rotatable bonds is 0. The number of hydrogen-bond acceptors (Lipinski definition) is 1. The van der Waals surface area contributed by atoms with Gasteiger partial charge in [0.05, 0.1) is 0 Å². The Morgan fingerprint density at radius 1 is 1.50 bits per heavy atom. The minimum atomic E-state index is -4.21. The monoisotopic (exact) mass is 198 g/mol. The maximum atomic E-state index is 12.2. The Morgan fingerprint density at radius 2 is 2.08 bits per heavy atom. The summed E-state index contributed by atoms with van der Waals surface area (Å²) >= 11 is 4.50. The molecule has 1 unspecified atom stereocenters. The van der Waals surface area contributed by atoms with Crippen molar-refractivity contribution in [1.29, 1.82) is 0 Å². The molecule has 1 rings (SSSR count). The lowest BCUT2D eigenvalue weighted by Gasteiger charge is -2.26. The van der Waals surface area contributed by atoms with Crippen LogP contribution in [-0.4, -0.2) is 28.8 Å². The summed E-state index contributed by atoms with van der Waals surface area (Å²) in [6.07, 6.45) is -3.61. The van der Waals surface area contributed by atoms with Gasteiger partial charge in [-0.2, -0.15) is 13.2 Å². The normalized spacial score (nSPS) is 24.6. The van der Waals surface area contributed by atoms with Crippen LogP contribution in [0.3, 0.4) is 0 Å². The van der Waals surface area contributed by atoms with E-state index in [1.54, 1.807) is 0 Å². The van der Waals surface area contributed by atoms with Gasteiger partial charge in [0.1, 0.15) is 6.04 Å². The second-order valence-corrected chi connectivity index (χ2v) is 3.15. The zero-order valence-corrected chi connectivity index (χ0v) is 7.08. The van der Waals surface area contributed by atoms with E-state index in [9.17, 15) is 13.2 Å². The second-order valence-electron chi connectivity index (χ2n) is 2.73. The molecule has 1 aliphatic heterocycles. The van der Waals surface area contributed by atoms with Crippen molar-refractivity contribution in [2.45, 2.75) is 25.1 Å². The molecule has 0 amide bonds. The Bertz CT molecular complexity index is 192. The van der Waals surface area contributed by atoms with Crippen molar-refractivity contribution in [2.75, 3.05) is 6.54 Å². The van der Waals surface area contributed by atoms with Crippen LogP contribution in [-0.2, 0) is 0 Å². The van der Waals surface area contributed by atoms with Gasteiger partial charge in [0.15, 0.2) is 5.11 Å². The fourth-order valence-electron chi connectivity index (χ4n) is 1.37. The molecule has 0 bridgehead atoms. The summed E-state index contributed by atoms with van der Waals surface area (Å²) in [4.78, 5) is 1.04. The van der Waals surface area contributed by atoms with Crippen molar-refractivity contribution in [1.82, 2.24) is 4.90 Å². The van der Waals surface area contributed by atoms with Gasteiger partial charge in [0.2, 0.25) is 0 Å². The third kappa shape index (κ3) is 1.80. The summed E-state index contributed by atoms with van der Waals surface area (Å²) < 4.78 is 36.6. The first-order chi connectivity index (χ1) is 5.43. The molecule has 2 N–H and O–H groups in total. The van der Waals surface area contributed by atoms with Gasteiger partial charge in [-0.3, -0.25) is 0 Å². The fraction of sp³-hybridized carbons (Fsp3) is 0.833. The van der Waals surface area contributed by atoms with Gasteiger partial charge in [0, 0.05) is 6.54 Å². The van der Waals surface area contributed by atoms with Crippen molar-refractivity contribution < 1.29 is 13.2 Å². The van der Waals surface area contributed by atoms with Crippen LogP contribution in [0.4, 0.5) is 13.2 Å². The fourth-order valence-corrected chi connectivity index (χ4v) is 1.59. The van der Waals surface area contributed by atoms with Crippen molar-refractivity contribution >= 4 is 17.3 Å². The number of hydrogen-bond donors (Lipinski definition) is 1. The van der Waals surface area contributed by atoms with E-state index in [0.717, 1.165) is 4.90 Å². The largest absolute Gasteiger partial charge is 0.408 e. The summed E-state index contributed by atoms with van der Waals surface area (Å²) in [5, 5.41) is -0.158. The lowest BCUT2D eigenvalue weighted by Crippen LogP contribution is -2.46. The average Bonchev–Trinajstić information content (AvgIpc) is 2.30. The topological polar surface area (TPSA) is 29.3 Å². The molecule has 0 aromatic rings. The van der Waals surface area contributed by atoms with Gasteiger partial charge in [0.25, 0.3) is 0 Å². The predicted octanol–water partition coefficient (Wildman–Crippen LogP) is 1.26. The highest BCUT2D eigenvalue weighted by Crippen LogP contribution is 2.32. The highest BCUT2D eigenvalue weighted by atomic mass is 32.1. The number of nitrogens with two attached hydrogens (primary N) is 1. The SMILES string of the molecule is NC(=S)N1CCCC1C(F)(F)F. The van der Waals surface area contributed by atoms with Crippen LogP contribution in [0.15, 0.2) is 0 Å². The van der Waals surface area contributed by atoms with Crippen LogP contribution < -0.4 is 5.73 Å². The zero-order valence-electron chi connectivity index (χ0n) is 6.27. The van der Waals surface area contributed by atoms with E-state index in [-0.39, 0.29) is 11.5 Å². The van der Waals surface area contributed by atoms with Gasteiger partial charge in [-0.05, 0) is 25.1 Å². The molecule has 6 heteroatoms. The van der Waals surface area contributed by atoms with Gasteiger partial charge in [-0.25, -0.2) is 0 Å². The number of likely N-dealkylation sites (tertiary alicyclic amines) is 1. The summed E-state index contributed by atoms with van der Waals surface area (Å²) in [6, 6.07) is -1.46. The molecule has 2 nitrogen and oxygen atoms in total. The van der Waals surface area contributed by atoms with E-state index in [2.05, 4.69) is 12.2 Å². The first-order valence-electron chi connectivity index (χ1n) is 3.55. The van der Waals surface area contributed by atoms with Gasteiger partial charge in [-0.15, -0.1) is 0 Å². The van der Waals surface area contributed by atoms with Gasteiger partial charge in [-0.1, -0.05) is 0 Å². The molecule has 1 fully saturated rings. The van der Waals surface area contributed by atoms with Crippen LogP contribution in [0.1, 0.15) is 12.8 Å². The third-order valence-corrected chi connectivity index (χ3v) is 2.15. The van der Waals surface area contributed by atoms with Crippen molar-refractivity contribution in [2.24, 2.45) is 5.73 Å². The molecule has 0 aliphatic carbocycles. The molecule has 0 saturated carbocycles. The zero-order chi connectivity index (χ0) is 9.35. The van der Waals surface area contributed by atoms with Crippen LogP contribution in [0.25, 0.3) is 0 Å². The number of nitrogens with zero attached hydrogens (tertiary/aromatic N) is 1. The van der Waals surface area contributed by atoms with Crippen LogP contribution in [0.5, 0.6) is 0 Å². The number of alkyl halides is 3. The Balaban J connectivity index is 2.71. The molecule has 0 aromatic carbocycles. The molecule has 0 spiro atoms. The van der Waals surface area contributed by atoms with Crippen LogP contribution in [0, 0.1) is 0 Å². The minimum absolute atomic E-state index is 0.0981. The minimum Gasteiger partial charge on any atom is -0.376 e. The highest BCUT2D eigenvalue weighted by molar-refractivity contribution is 7.80. The van der Waals surface area contributed by atoms with E-state index in [0.29, 0.717) is 13.0 Å². The number of thiocarbonyl (C=S) groups is 1. The van der Waals surface area contributed by atoms with Gasteiger partial charge >= 0.3 is 6.18 Å². The quantitative estimate of drug-likeness (QED) is 0.594. The van der Waals surface area contributed by atoms with E-state index in [1.165, 1.54) is 0 Å². The summed E-state index contributed by atoms with van der Waals surface area (Å²) in [5.74, 6) is 0. The molecule has 70 valence electrons. The summed E-state index contributed by atoms with van der Waals surface area (Å²) in [6.45, 7) is 0.319. The van der Waals surface area contributed by atoms with E-state index < -0.39 is 12.2 Å². The highest BCUT2D eigenvalue weighted by Gasteiger charge is 2.46. The maximum Gasteiger partial charge on any atom is 0.408 e. The molecule has 12 heavy (non-hydrogen) atoms. The Labute approximate surface area is 73.5 Å². The van der Waals surface area contributed by atoms with Crippen LogP contribution >= 0.6 is 12.2 Å². The lowest BCUT2D eigenvalue weighted by atomic mass is 10.2. The summed E-state index contributed by atoms with van der Waals surface area (Å²) in [7, 11) is 0. The molecule has 1 heterocycles. The van der Waals surface area contributed by atoms with E-state index in [1.807, 2.05) is 0 Å². The van der Waals surface area contributed by atoms with Crippen molar-refractivity contribution in [3.8, 4) is 0 Å².